The molecule has 7 nitrogen and oxygen atoms in total. The molecule has 1 aromatic heterocycles. The van der Waals surface area contributed by atoms with E-state index < -0.39 is 17.6 Å². The van der Waals surface area contributed by atoms with Gasteiger partial charge in [0.1, 0.15) is 18.0 Å². The van der Waals surface area contributed by atoms with Crippen LogP contribution < -0.4 is 0 Å². The summed E-state index contributed by atoms with van der Waals surface area (Å²) >= 11 is 0. The molecular weight excluding hydrogens is 440 g/mol. The quantitative estimate of drug-likeness (QED) is 0.704. The van der Waals surface area contributed by atoms with E-state index in [-0.39, 0.29) is 22.9 Å². The fourth-order valence-electron chi connectivity index (χ4n) is 5.36. The van der Waals surface area contributed by atoms with Gasteiger partial charge in [-0.15, -0.1) is 0 Å². The number of benzene rings is 1. The van der Waals surface area contributed by atoms with Crippen LogP contribution in [0.5, 0.6) is 0 Å². The Hall–Kier alpha value is -2.69. The number of aromatic amines is 1. The average molecular weight is 466 g/mol. The Kier molecular flexibility index (Phi) is 5.54. The summed E-state index contributed by atoms with van der Waals surface area (Å²) in [5.74, 6) is 0.195. The number of likely N-dealkylation sites (tertiary alicyclic amines) is 3. The van der Waals surface area contributed by atoms with Gasteiger partial charge in [0.25, 0.3) is 0 Å². The number of rotatable bonds is 3. The van der Waals surface area contributed by atoms with Crippen LogP contribution in [0.4, 0.5) is 22.4 Å². The molecule has 0 radical (unpaired) electrons. The summed E-state index contributed by atoms with van der Waals surface area (Å²) in [5.41, 5.74) is -0.584. The average Bonchev–Trinajstić information content (AvgIpc) is 3.45. The van der Waals surface area contributed by atoms with Gasteiger partial charge < -0.3 is 9.80 Å². The molecule has 1 spiro atoms. The standard InChI is InChI=1S/C22H26F4N6O/c23-18-9-17(22(24,25)26)2-1-15(18)10-30-12-21(13-30)4-7-31(8-5-21)20(33)32-6-3-16(11-32)19-27-14-28-29-19/h1-2,9,14,16H,3-8,10-13H2,(H,27,28,29)/t16-/m0/s1. The van der Waals surface area contributed by atoms with E-state index in [1.54, 1.807) is 0 Å². The highest BCUT2D eigenvalue weighted by molar-refractivity contribution is 5.75. The number of carbonyl (C=O) groups is 1. The first-order chi connectivity index (χ1) is 15.7. The van der Waals surface area contributed by atoms with Crippen molar-refractivity contribution in [3.05, 3.63) is 47.3 Å². The minimum Gasteiger partial charge on any atom is -0.325 e. The topological polar surface area (TPSA) is 68.4 Å². The smallest absolute Gasteiger partial charge is 0.325 e. The van der Waals surface area contributed by atoms with Gasteiger partial charge in [0.2, 0.25) is 0 Å². The molecular formula is C22H26F4N6O. The highest BCUT2D eigenvalue weighted by atomic mass is 19.4. The van der Waals surface area contributed by atoms with E-state index in [1.807, 2.05) is 9.80 Å². The number of aromatic nitrogens is 3. The van der Waals surface area contributed by atoms with E-state index in [0.29, 0.717) is 38.8 Å². The molecule has 3 saturated heterocycles. The summed E-state index contributed by atoms with van der Waals surface area (Å²) in [4.78, 5) is 23.0. The molecule has 11 heteroatoms. The Morgan fingerprint density at radius 2 is 1.91 bits per heavy atom. The lowest BCUT2D eigenvalue weighted by molar-refractivity contribution is -0.137. The van der Waals surface area contributed by atoms with Crippen molar-refractivity contribution >= 4 is 6.03 Å². The summed E-state index contributed by atoms with van der Waals surface area (Å²) < 4.78 is 52.4. The molecule has 2 amide bonds. The molecule has 33 heavy (non-hydrogen) atoms. The SMILES string of the molecule is O=C(N1CCC2(CC1)CN(Cc1ccc(C(F)(F)F)cc1F)C2)N1CC[C@H](c2ncn[nH]2)C1. The molecule has 1 aromatic carbocycles. The Labute approximate surface area is 188 Å². The maximum absolute atomic E-state index is 14.2. The Balaban J connectivity index is 1.10. The molecule has 1 atom stereocenters. The normalized spacial score (nSPS) is 23.2. The van der Waals surface area contributed by atoms with Crippen molar-refractivity contribution in [2.75, 3.05) is 39.3 Å². The van der Waals surface area contributed by atoms with Crippen LogP contribution in [0.3, 0.4) is 0 Å². The van der Waals surface area contributed by atoms with Gasteiger partial charge in [-0.25, -0.2) is 14.2 Å². The lowest BCUT2D eigenvalue weighted by Gasteiger charge is -2.54. The van der Waals surface area contributed by atoms with Crippen LogP contribution in [-0.2, 0) is 12.7 Å². The minimum absolute atomic E-state index is 0.0647. The van der Waals surface area contributed by atoms with Crippen molar-refractivity contribution in [1.82, 2.24) is 29.9 Å². The highest BCUT2D eigenvalue weighted by Crippen LogP contribution is 2.42. The van der Waals surface area contributed by atoms with Gasteiger partial charge in [-0.2, -0.15) is 18.3 Å². The zero-order valence-corrected chi connectivity index (χ0v) is 18.1. The molecule has 3 fully saturated rings. The maximum Gasteiger partial charge on any atom is 0.416 e. The number of nitrogens with one attached hydrogen (secondary N) is 1. The molecule has 2 aromatic rings. The summed E-state index contributed by atoms with van der Waals surface area (Å²) in [6, 6.07) is 2.80. The molecule has 5 rings (SSSR count). The van der Waals surface area contributed by atoms with Crippen LogP contribution in [0.15, 0.2) is 24.5 Å². The van der Waals surface area contributed by atoms with Gasteiger partial charge >= 0.3 is 12.2 Å². The largest absolute Gasteiger partial charge is 0.416 e. The van der Waals surface area contributed by atoms with Crippen molar-refractivity contribution in [2.45, 2.75) is 37.9 Å². The Bertz CT molecular complexity index is 995. The van der Waals surface area contributed by atoms with Crippen molar-refractivity contribution in [3.63, 3.8) is 0 Å². The fraction of sp³-hybridized carbons (Fsp3) is 0.591. The number of nitrogens with zero attached hydrogens (tertiary/aromatic N) is 5. The minimum atomic E-state index is -4.54. The number of carbonyl (C=O) groups excluding carboxylic acids is 1. The van der Waals surface area contributed by atoms with Crippen LogP contribution in [0.1, 0.15) is 42.1 Å². The van der Waals surface area contributed by atoms with E-state index in [2.05, 4.69) is 20.1 Å². The van der Waals surface area contributed by atoms with Crippen molar-refractivity contribution in [1.29, 1.82) is 0 Å². The third-order valence-corrected chi connectivity index (χ3v) is 7.27. The lowest BCUT2D eigenvalue weighted by atomic mass is 9.72. The van der Waals surface area contributed by atoms with Crippen LogP contribution >= 0.6 is 0 Å². The molecule has 3 aliphatic rings. The van der Waals surface area contributed by atoms with Crippen LogP contribution in [0.25, 0.3) is 0 Å². The number of urea groups is 1. The van der Waals surface area contributed by atoms with Gasteiger partial charge in [-0.3, -0.25) is 10.00 Å². The number of hydrogen-bond acceptors (Lipinski definition) is 4. The lowest BCUT2D eigenvalue weighted by Crippen LogP contribution is -2.61. The van der Waals surface area contributed by atoms with Gasteiger partial charge in [0, 0.05) is 57.3 Å². The zero-order chi connectivity index (χ0) is 23.2. The number of amides is 2. The van der Waals surface area contributed by atoms with E-state index in [0.717, 1.165) is 44.2 Å². The number of piperidine rings is 1. The highest BCUT2D eigenvalue weighted by Gasteiger charge is 2.46. The number of alkyl halides is 3. The number of hydrogen-bond donors (Lipinski definition) is 1. The van der Waals surface area contributed by atoms with Crippen LogP contribution in [0, 0.1) is 11.2 Å². The molecule has 0 saturated carbocycles. The third-order valence-electron chi connectivity index (χ3n) is 7.27. The first-order valence-corrected chi connectivity index (χ1v) is 11.2. The molecule has 1 N–H and O–H groups in total. The summed E-state index contributed by atoms with van der Waals surface area (Å²) in [6.45, 7) is 4.56. The van der Waals surface area contributed by atoms with E-state index in [9.17, 15) is 22.4 Å². The summed E-state index contributed by atoms with van der Waals surface area (Å²) in [5, 5.41) is 6.78. The van der Waals surface area contributed by atoms with Crippen molar-refractivity contribution in [3.8, 4) is 0 Å². The predicted octanol–water partition coefficient (Wildman–Crippen LogP) is 3.47. The molecule has 178 valence electrons. The molecule has 0 unspecified atom stereocenters. The second-order valence-corrected chi connectivity index (χ2v) is 9.52. The summed E-state index contributed by atoms with van der Waals surface area (Å²) in [6.07, 6.45) is -0.433. The van der Waals surface area contributed by atoms with Gasteiger partial charge in [-0.05, 0) is 36.8 Å². The Morgan fingerprint density at radius 1 is 1.15 bits per heavy atom. The summed E-state index contributed by atoms with van der Waals surface area (Å²) in [7, 11) is 0. The van der Waals surface area contributed by atoms with Gasteiger partial charge in [-0.1, -0.05) is 6.07 Å². The van der Waals surface area contributed by atoms with E-state index in [4.69, 9.17) is 0 Å². The Morgan fingerprint density at radius 3 is 2.55 bits per heavy atom. The molecule has 4 heterocycles. The van der Waals surface area contributed by atoms with E-state index in [1.165, 1.54) is 12.4 Å². The molecule has 3 aliphatic heterocycles. The second kappa shape index (κ2) is 8.27. The zero-order valence-electron chi connectivity index (χ0n) is 18.1. The fourth-order valence-corrected chi connectivity index (χ4v) is 5.36. The van der Waals surface area contributed by atoms with Crippen molar-refractivity contribution in [2.24, 2.45) is 5.41 Å². The van der Waals surface area contributed by atoms with E-state index >= 15 is 0 Å². The second-order valence-electron chi connectivity index (χ2n) is 9.52. The monoisotopic (exact) mass is 466 g/mol. The van der Waals surface area contributed by atoms with Crippen molar-refractivity contribution < 1.29 is 22.4 Å². The van der Waals surface area contributed by atoms with Crippen LogP contribution in [0.2, 0.25) is 0 Å². The van der Waals surface area contributed by atoms with Gasteiger partial charge in [0.15, 0.2) is 0 Å². The van der Waals surface area contributed by atoms with Crippen LogP contribution in [-0.4, -0.2) is 75.2 Å². The van der Waals surface area contributed by atoms with Gasteiger partial charge in [0.05, 0.1) is 5.56 Å². The molecule has 0 bridgehead atoms. The molecule has 0 aliphatic carbocycles. The third kappa shape index (κ3) is 4.42. The maximum atomic E-state index is 14.2. The predicted molar refractivity (Wildman–Crippen MR) is 111 cm³/mol. The first kappa shape index (κ1) is 22.1. The first-order valence-electron chi connectivity index (χ1n) is 11.2. The number of halogens is 4. The number of H-pyrrole nitrogens is 1.